The molecule has 0 unspecified atom stereocenters. The van der Waals surface area contributed by atoms with E-state index in [2.05, 4.69) is 5.32 Å². The minimum atomic E-state index is -4.07. The number of hydrogen-bond donors (Lipinski definition) is 1. The lowest BCUT2D eigenvalue weighted by Crippen LogP contribution is -2.55. The zero-order valence-electron chi connectivity index (χ0n) is 24.5. The van der Waals surface area contributed by atoms with Crippen LogP contribution in [0.1, 0.15) is 36.1 Å². The highest BCUT2D eigenvalue weighted by Crippen LogP contribution is 2.27. The number of amides is 2. The molecule has 2 amide bonds. The third-order valence-corrected chi connectivity index (χ3v) is 8.83. The fourth-order valence-electron chi connectivity index (χ4n) is 4.43. The lowest BCUT2D eigenvalue weighted by Gasteiger charge is -2.35. The molecule has 0 aromatic heterocycles. The Morgan fingerprint density at radius 3 is 2.17 bits per heavy atom. The molecule has 0 aliphatic heterocycles. The SMILES string of the molecule is Cc1ccc(C)c(N(CC(=O)N(Cc2ccccc2Cl)[C@H](Cc2ccccc2)C(=O)NC(C)C)S(=O)(=O)N(C)C)c1. The normalized spacial score (nSPS) is 12.3. The number of carbonyl (C=O) groups excluding carboxylic acids is 2. The van der Waals surface area contributed by atoms with Crippen LogP contribution in [0, 0.1) is 13.8 Å². The van der Waals surface area contributed by atoms with Crippen LogP contribution in [0.3, 0.4) is 0 Å². The van der Waals surface area contributed by atoms with Crippen molar-refractivity contribution < 1.29 is 18.0 Å². The van der Waals surface area contributed by atoms with Gasteiger partial charge in [-0.15, -0.1) is 0 Å². The Morgan fingerprint density at radius 2 is 1.56 bits per heavy atom. The molecule has 0 aliphatic carbocycles. The van der Waals surface area contributed by atoms with Crippen molar-refractivity contribution in [3.05, 3.63) is 100 Å². The first-order chi connectivity index (χ1) is 19.3. The Hall–Kier alpha value is -3.40. The van der Waals surface area contributed by atoms with E-state index in [4.69, 9.17) is 11.6 Å². The van der Waals surface area contributed by atoms with Crippen LogP contribution in [0.2, 0.25) is 5.02 Å². The van der Waals surface area contributed by atoms with Crippen molar-refractivity contribution in [3.63, 3.8) is 0 Å². The zero-order chi connectivity index (χ0) is 30.3. The third kappa shape index (κ3) is 8.31. The molecule has 10 heteroatoms. The van der Waals surface area contributed by atoms with E-state index in [-0.39, 0.29) is 24.9 Å². The minimum Gasteiger partial charge on any atom is -0.352 e. The Kier molecular flexibility index (Phi) is 11.0. The highest BCUT2D eigenvalue weighted by atomic mass is 35.5. The molecule has 1 atom stereocenters. The summed E-state index contributed by atoms with van der Waals surface area (Å²) in [6.07, 6.45) is 0.236. The first kappa shape index (κ1) is 32.1. The van der Waals surface area contributed by atoms with Crippen molar-refractivity contribution in [3.8, 4) is 0 Å². The average Bonchev–Trinajstić information content (AvgIpc) is 2.91. The van der Waals surface area contributed by atoms with E-state index in [0.29, 0.717) is 21.8 Å². The van der Waals surface area contributed by atoms with Crippen LogP contribution < -0.4 is 9.62 Å². The molecular formula is C31H39ClN4O4S. The smallest absolute Gasteiger partial charge is 0.304 e. The fraction of sp³-hybridized carbons (Fsp3) is 0.355. The summed E-state index contributed by atoms with van der Waals surface area (Å²) in [7, 11) is -1.22. The second-order valence-corrected chi connectivity index (χ2v) is 13.0. The molecule has 0 spiro atoms. The van der Waals surface area contributed by atoms with Gasteiger partial charge >= 0.3 is 10.2 Å². The Morgan fingerprint density at radius 1 is 0.927 bits per heavy atom. The van der Waals surface area contributed by atoms with E-state index in [0.717, 1.165) is 19.7 Å². The van der Waals surface area contributed by atoms with Crippen LogP contribution >= 0.6 is 11.6 Å². The third-order valence-electron chi connectivity index (χ3n) is 6.65. The van der Waals surface area contributed by atoms with Gasteiger partial charge in [-0.2, -0.15) is 12.7 Å². The number of nitrogens with one attached hydrogen (secondary N) is 1. The van der Waals surface area contributed by atoms with E-state index in [9.17, 15) is 18.0 Å². The van der Waals surface area contributed by atoms with Crippen LogP contribution in [-0.4, -0.2) is 62.2 Å². The van der Waals surface area contributed by atoms with Crippen molar-refractivity contribution in [2.45, 2.75) is 52.7 Å². The lowest BCUT2D eigenvalue weighted by atomic mass is 10.0. The maximum absolute atomic E-state index is 14.3. The van der Waals surface area contributed by atoms with E-state index < -0.39 is 28.7 Å². The number of hydrogen-bond acceptors (Lipinski definition) is 4. The van der Waals surface area contributed by atoms with Crippen molar-refractivity contribution in [1.82, 2.24) is 14.5 Å². The van der Waals surface area contributed by atoms with E-state index in [1.165, 1.54) is 19.0 Å². The fourth-order valence-corrected chi connectivity index (χ4v) is 5.74. The number of aryl methyl sites for hydroxylation is 2. The number of halogens is 1. The van der Waals surface area contributed by atoms with Crippen molar-refractivity contribution in [2.75, 3.05) is 24.9 Å². The van der Waals surface area contributed by atoms with Gasteiger partial charge in [0.05, 0.1) is 5.69 Å². The van der Waals surface area contributed by atoms with E-state index in [1.54, 1.807) is 31.2 Å². The van der Waals surface area contributed by atoms with Crippen LogP contribution in [-0.2, 0) is 32.8 Å². The number of anilines is 1. The second kappa shape index (κ2) is 14.0. The van der Waals surface area contributed by atoms with Gasteiger partial charge in [-0.3, -0.25) is 9.59 Å². The molecule has 3 aromatic carbocycles. The molecule has 41 heavy (non-hydrogen) atoms. The summed E-state index contributed by atoms with van der Waals surface area (Å²) in [4.78, 5) is 29.4. The number of rotatable bonds is 12. The van der Waals surface area contributed by atoms with Gasteiger partial charge in [-0.05, 0) is 62.1 Å². The summed E-state index contributed by atoms with van der Waals surface area (Å²) >= 11 is 6.50. The van der Waals surface area contributed by atoms with E-state index >= 15 is 0 Å². The van der Waals surface area contributed by atoms with Crippen LogP contribution in [0.5, 0.6) is 0 Å². The predicted molar refractivity (Wildman–Crippen MR) is 165 cm³/mol. The molecule has 0 saturated heterocycles. The standard InChI is InChI=1S/C31H39ClN4O4S/c1-22(2)33-31(38)29(19-25-12-8-7-9-13-25)35(20-26-14-10-11-15-27(26)32)30(37)21-36(41(39,40)34(5)6)28-18-23(3)16-17-24(28)4/h7-18,22,29H,19-21H2,1-6H3,(H,33,38)/t29-/m1/s1. The lowest BCUT2D eigenvalue weighted by molar-refractivity contribution is -0.140. The molecule has 0 fully saturated rings. The van der Waals surface area contributed by atoms with Gasteiger partial charge in [0.25, 0.3) is 0 Å². The molecule has 8 nitrogen and oxygen atoms in total. The molecule has 220 valence electrons. The van der Waals surface area contributed by atoms with Gasteiger partial charge in [0.1, 0.15) is 12.6 Å². The van der Waals surface area contributed by atoms with Crippen LogP contribution in [0.4, 0.5) is 5.69 Å². The van der Waals surface area contributed by atoms with Gasteiger partial charge < -0.3 is 10.2 Å². The molecule has 0 radical (unpaired) electrons. The zero-order valence-corrected chi connectivity index (χ0v) is 26.0. The maximum Gasteiger partial charge on any atom is 0.304 e. The van der Waals surface area contributed by atoms with Crippen LogP contribution in [0.25, 0.3) is 0 Å². The summed E-state index contributed by atoms with van der Waals surface area (Å²) in [6.45, 7) is 6.88. The van der Waals surface area contributed by atoms with E-state index in [1.807, 2.05) is 69.3 Å². The first-order valence-electron chi connectivity index (χ1n) is 13.5. The molecule has 0 heterocycles. The van der Waals surface area contributed by atoms with Gasteiger partial charge in [0.2, 0.25) is 11.8 Å². The molecule has 3 aromatic rings. The van der Waals surface area contributed by atoms with Gasteiger partial charge in [0.15, 0.2) is 0 Å². The summed E-state index contributed by atoms with van der Waals surface area (Å²) < 4.78 is 29.4. The molecule has 0 aliphatic rings. The highest BCUT2D eigenvalue weighted by Gasteiger charge is 2.35. The Labute approximate surface area is 249 Å². The van der Waals surface area contributed by atoms with Crippen LogP contribution in [0.15, 0.2) is 72.8 Å². The van der Waals surface area contributed by atoms with Gasteiger partial charge in [0, 0.05) is 38.1 Å². The highest BCUT2D eigenvalue weighted by molar-refractivity contribution is 7.90. The van der Waals surface area contributed by atoms with Crippen molar-refractivity contribution in [2.24, 2.45) is 0 Å². The number of benzene rings is 3. The quantitative estimate of drug-likeness (QED) is 0.326. The molecule has 3 rings (SSSR count). The summed E-state index contributed by atoms with van der Waals surface area (Å²) in [5.74, 6) is -0.867. The van der Waals surface area contributed by atoms with Crippen molar-refractivity contribution in [1.29, 1.82) is 0 Å². The summed E-state index contributed by atoms with van der Waals surface area (Å²) in [5, 5.41) is 3.39. The minimum absolute atomic E-state index is 0.0180. The Bertz CT molecular complexity index is 1460. The Balaban J connectivity index is 2.14. The first-order valence-corrected chi connectivity index (χ1v) is 15.2. The number of nitrogens with zero attached hydrogens (tertiary/aromatic N) is 3. The number of carbonyl (C=O) groups is 2. The predicted octanol–water partition coefficient (Wildman–Crippen LogP) is 4.73. The summed E-state index contributed by atoms with van der Waals surface area (Å²) in [5.41, 5.74) is 3.45. The topological polar surface area (TPSA) is 90.0 Å². The maximum atomic E-state index is 14.3. The average molecular weight is 599 g/mol. The monoisotopic (exact) mass is 598 g/mol. The molecule has 0 bridgehead atoms. The molecule has 1 N–H and O–H groups in total. The summed E-state index contributed by atoms with van der Waals surface area (Å²) in [6, 6.07) is 20.9. The van der Waals surface area contributed by atoms with Gasteiger partial charge in [-0.1, -0.05) is 72.3 Å². The molecule has 0 saturated carbocycles. The van der Waals surface area contributed by atoms with Gasteiger partial charge in [-0.25, -0.2) is 4.31 Å². The second-order valence-electron chi connectivity index (χ2n) is 10.6. The molecular weight excluding hydrogens is 560 g/mol. The van der Waals surface area contributed by atoms with Crippen molar-refractivity contribution >= 4 is 39.3 Å². The largest absolute Gasteiger partial charge is 0.352 e.